The number of nitrogens with zero attached hydrogens (tertiary/aromatic N) is 1. The Kier molecular flexibility index (Phi) is 2.75. The molecule has 2 rings (SSSR count). The van der Waals surface area contributed by atoms with Gasteiger partial charge in [0, 0.05) is 11.8 Å². The molecule has 1 aromatic carbocycles. The van der Waals surface area contributed by atoms with Gasteiger partial charge in [-0.1, -0.05) is 17.7 Å². The lowest BCUT2D eigenvalue weighted by molar-refractivity contribution is 0.630. The second kappa shape index (κ2) is 4.06. The van der Waals surface area contributed by atoms with E-state index in [4.69, 9.17) is 11.6 Å². The van der Waals surface area contributed by atoms with Crippen molar-refractivity contribution in [3.05, 3.63) is 51.2 Å². The first kappa shape index (κ1) is 10.8. The first-order chi connectivity index (χ1) is 7.58. The monoisotopic (exact) mass is 238 g/mol. The van der Waals surface area contributed by atoms with E-state index in [1.807, 2.05) is 0 Å². The molecule has 0 aliphatic heterocycles. The highest BCUT2D eigenvalue weighted by molar-refractivity contribution is 6.31. The Bertz CT molecular complexity index is 595. The third-order valence-corrected chi connectivity index (χ3v) is 2.37. The van der Waals surface area contributed by atoms with Crippen molar-refractivity contribution in [1.29, 1.82) is 0 Å². The van der Waals surface area contributed by atoms with Crippen LogP contribution in [0.2, 0.25) is 5.02 Å². The Morgan fingerprint density at radius 2 is 2.19 bits per heavy atom. The number of hydrogen-bond acceptors (Lipinski definition) is 2. The Morgan fingerprint density at radius 3 is 2.88 bits per heavy atom. The molecule has 0 bridgehead atoms. The Hall–Kier alpha value is -1.68. The molecular weight excluding hydrogens is 231 g/mol. The smallest absolute Gasteiger partial charge is 0.251 e. The molecule has 0 saturated carbocycles. The molecule has 0 saturated heterocycles. The molecule has 0 unspecified atom stereocenters. The SMILES string of the molecule is Cc1cc(=O)[nH]c(-c2cccc(Cl)c2F)n1. The van der Waals surface area contributed by atoms with Crippen LogP contribution in [0.5, 0.6) is 0 Å². The predicted molar refractivity (Wildman–Crippen MR) is 60.0 cm³/mol. The van der Waals surface area contributed by atoms with Crippen LogP contribution in [0.15, 0.2) is 29.1 Å². The molecule has 16 heavy (non-hydrogen) atoms. The first-order valence-electron chi connectivity index (χ1n) is 4.60. The van der Waals surface area contributed by atoms with Gasteiger partial charge in [0.2, 0.25) is 0 Å². The normalized spacial score (nSPS) is 10.4. The Balaban J connectivity index is 2.67. The number of benzene rings is 1. The summed E-state index contributed by atoms with van der Waals surface area (Å²) in [6.45, 7) is 1.67. The molecule has 1 N–H and O–H groups in total. The van der Waals surface area contributed by atoms with Gasteiger partial charge in [0.25, 0.3) is 5.56 Å². The van der Waals surface area contributed by atoms with Crippen molar-refractivity contribution in [2.45, 2.75) is 6.92 Å². The highest BCUT2D eigenvalue weighted by atomic mass is 35.5. The highest BCUT2D eigenvalue weighted by Gasteiger charge is 2.10. The average Bonchev–Trinajstić information content (AvgIpc) is 2.20. The second-order valence-corrected chi connectivity index (χ2v) is 3.74. The number of aromatic amines is 1. The van der Waals surface area contributed by atoms with Gasteiger partial charge in [-0.25, -0.2) is 9.37 Å². The quantitative estimate of drug-likeness (QED) is 0.830. The molecule has 0 radical (unpaired) electrons. The summed E-state index contributed by atoms with van der Waals surface area (Å²) in [6, 6.07) is 5.89. The van der Waals surface area contributed by atoms with E-state index in [2.05, 4.69) is 9.97 Å². The fraction of sp³-hybridized carbons (Fsp3) is 0.0909. The predicted octanol–water partition coefficient (Wildman–Crippen LogP) is 2.54. The van der Waals surface area contributed by atoms with Crippen LogP contribution in [-0.4, -0.2) is 9.97 Å². The molecule has 2 aromatic rings. The standard InChI is InChI=1S/C11H8ClFN2O/c1-6-5-9(16)15-11(14-6)7-3-2-4-8(12)10(7)13/h2-5H,1H3,(H,14,15,16). The minimum absolute atomic E-state index is 0.00153. The summed E-state index contributed by atoms with van der Waals surface area (Å²) >= 11 is 5.65. The molecule has 0 atom stereocenters. The molecule has 3 nitrogen and oxygen atoms in total. The van der Waals surface area contributed by atoms with Gasteiger partial charge in [0.05, 0.1) is 10.6 Å². The number of rotatable bonds is 1. The Labute approximate surface area is 95.9 Å². The van der Waals surface area contributed by atoms with Gasteiger partial charge in [-0.2, -0.15) is 0 Å². The number of halogens is 2. The summed E-state index contributed by atoms with van der Waals surface area (Å²) in [4.78, 5) is 17.7. The molecule has 1 aromatic heterocycles. The summed E-state index contributed by atoms with van der Waals surface area (Å²) in [5.41, 5.74) is 0.397. The van der Waals surface area contributed by atoms with E-state index in [9.17, 15) is 9.18 Å². The van der Waals surface area contributed by atoms with E-state index in [0.717, 1.165) is 0 Å². The minimum Gasteiger partial charge on any atom is -0.306 e. The average molecular weight is 239 g/mol. The minimum atomic E-state index is -0.585. The maximum absolute atomic E-state index is 13.7. The van der Waals surface area contributed by atoms with Gasteiger partial charge >= 0.3 is 0 Å². The van der Waals surface area contributed by atoms with Crippen LogP contribution in [0.1, 0.15) is 5.69 Å². The van der Waals surface area contributed by atoms with Gasteiger partial charge in [0.15, 0.2) is 5.82 Å². The van der Waals surface area contributed by atoms with Crippen molar-refractivity contribution < 1.29 is 4.39 Å². The molecule has 0 aliphatic carbocycles. The lowest BCUT2D eigenvalue weighted by Gasteiger charge is -2.04. The number of H-pyrrole nitrogens is 1. The zero-order valence-corrected chi connectivity index (χ0v) is 9.18. The largest absolute Gasteiger partial charge is 0.306 e. The van der Waals surface area contributed by atoms with Gasteiger partial charge in [0.1, 0.15) is 5.82 Å². The molecule has 5 heteroatoms. The summed E-state index contributed by atoms with van der Waals surface area (Å²) in [5.74, 6) is -0.400. The molecule has 0 spiro atoms. The topological polar surface area (TPSA) is 45.8 Å². The van der Waals surface area contributed by atoms with E-state index < -0.39 is 5.82 Å². The van der Waals surface area contributed by atoms with Crippen LogP contribution in [0.4, 0.5) is 4.39 Å². The van der Waals surface area contributed by atoms with E-state index in [1.54, 1.807) is 13.0 Å². The lowest BCUT2D eigenvalue weighted by atomic mass is 10.2. The van der Waals surface area contributed by atoms with Crippen molar-refractivity contribution in [3.63, 3.8) is 0 Å². The fourth-order valence-electron chi connectivity index (χ4n) is 1.39. The van der Waals surface area contributed by atoms with E-state index >= 15 is 0 Å². The highest BCUT2D eigenvalue weighted by Crippen LogP contribution is 2.24. The van der Waals surface area contributed by atoms with E-state index in [-0.39, 0.29) is 22.0 Å². The lowest BCUT2D eigenvalue weighted by Crippen LogP contribution is -2.09. The van der Waals surface area contributed by atoms with Crippen LogP contribution in [-0.2, 0) is 0 Å². The van der Waals surface area contributed by atoms with Crippen LogP contribution in [0.25, 0.3) is 11.4 Å². The Morgan fingerprint density at radius 1 is 1.44 bits per heavy atom. The summed E-state index contributed by atoms with van der Waals surface area (Å²) in [6.07, 6.45) is 0. The molecule has 0 amide bonds. The second-order valence-electron chi connectivity index (χ2n) is 3.34. The molecular formula is C11H8ClFN2O. The van der Waals surface area contributed by atoms with Crippen LogP contribution < -0.4 is 5.56 Å². The number of aryl methyl sites for hydroxylation is 1. The van der Waals surface area contributed by atoms with Gasteiger partial charge in [-0.3, -0.25) is 4.79 Å². The summed E-state index contributed by atoms with van der Waals surface area (Å²) in [7, 11) is 0. The van der Waals surface area contributed by atoms with Crippen molar-refractivity contribution in [2.24, 2.45) is 0 Å². The fourth-order valence-corrected chi connectivity index (χ4v) is 1.57. The molecule has 1 heterocycles. The maximum Gasteiger partial charge on any atom is 0.251 e. The van der Waals surface area contributed by atoms with Crippen LogP contribution in [0.3, 0.4) is 0 Å². The van der Waals surface area contributed by atoms with Crippen molar-refractivity contribution in [1.82, 2.24) is 9.97 Å². The third kappa shape index (κ3) is 1.97. The first-order valence-corrected chi connectivity index (χ1v) is 4.98. The van der Waals surface area contributed by atoms with Gasteiger partial charge in [-0.15, -0.1) is 0 Å². The van der Waals surface area contributed by atoms with Gasteiger partial charge in [-0.05, 0) is 19.1 Å². The summed E-state index contributed by atoms with van der Waals surface area (Å²) < 4.78 is 13.7. The third-order valence-electron chi connectivity index (χ3n) is 2.08. The molecule has 0 fully saturated rings. The number of hydrogen-bond donors (Lipinski definition) is 1. The number of nitrogens with one attached hydrogen (secondary N) is 1. The molecule has 0 aliphatic rings. The van der Waals surface area contributed by atoms with E-state index in [0.29, 0.717) is 5.69 Å². The van der Waals surface area contributed by atoms with Crippen molar-refractivity contribution in [2.75, 3.05) is 0 Å². The van der Waals surface area contributed by atoms with Crippen molar-refractivity contribution >= 4 is 11.6 Å². The van der Waals surface area contributed by atoms with Crippen LogP contribution >= 0.6 is 11.6 Å². The van der Waals surface area contributed by atoms with Gasteiger partial charge < -0.3 is 4.98 Å². The summed E-state index contributed by atoms with van der Waals surface area (Å²) in [5, 5.41) is 0.00153. The van der Waals surface area contributed by atoms with Crippen molar-refractivity contribution in [3.8, 4) is 11.4 Å². The van der Waals surface area contributed by atoms with E-state index in [1.165, 1.54) is 18.2 Å². The van der Waals surface area contributed by atoms with Crippen LogP contribution in [0, 0.1) is 12.7 Å². The zero-order valence-electron chi connectivity index (χ0n) is 8.42. The zero-order chi connectivity index (χ0) is 11.7. The maximum atomic E-state index is 13.7. The molecule has 82 valence electrons. The number of aromatic nitrogens is 2.